The molecule has 3 heterocycles. The second-order valence-corrected chi connectivity index (χ2v) is 7.20. The number of aryl methyl sites for hydroxylation is 1. The Balaban J connectivity index is 0.00000176. The Bertz CT molecular complexity index is 762. The molecular weight excluding hydrogens is 328 g/mol. The van der Waals surface area contributed by atoms with E-state index in [1.165, 1.54) is 10.5 Å². The largest absolute Gasteiger partial charge is 0.336 e. The molecule has 1 unspecified atom stereocenters. The Kier molecular flexibility index (Phi) is 5.06. The normalized spacial score (nSPS) is 19.5. The molecule has 9 heteroatoms. The van der Waals surface area contributed by atoms with Crippen LogP contribution in [0.4, 0.5) is 0 Å². The van der Waals surface area contributed by atoms with E-state index in [9.17, 15) is 8.42 Å². The number of pyridine rings is 1. The fraction of sp³-hybridized carbons (Fsp3) is 0.538. The number of nitrogens with two attached hydrogens (primary N) is 1. The fourth-order valence-electron chi connectivity index (χ4n) is 2.61. The number of halogens is 1. The second-order valence-electron chi connectivity index (χ2n) is 5.26. The number of hydrogen-bond acceptors (Lipinski definition) is 6. The number of aromatic nitrogens is 2. The molecule has 0 saturated carbocycles. The summed E-state index contributed by atoms with van der Waals surface area (Å²) in [6, 6.07) is 1.60. The Morgan fingerprint density at radius 2 is 2.27 bits per heavy atom. The molecule has 0 aromatic carbocycles. The first-order valence-electron chi connectivity index (χ1n) is 7.00. The van der Waals surface area contributed by atoms with E-state index in [-0.39, 0.29) is 23.2 Å². The van der Waals surface area contributed by atoms with Gasteiger partial charge in [0.25, 0.3) is 5.71 Å². The molecule has 1 atom stereocenters. The smallest absolute Gasteiger partial charge is 0.258 e. The van der Waals surface area contributed by atoms with E-state index in [4.69, 9.17) is 10.3 Å². The van der Waals surface area contributed by atoms with Crippen LogP contribution in [0.15, 0.2) is 21.7 Å². The lowest BCUT2D eigenvalue weighted by molar-refractivity contribution is 0.439. The summed E-state index contributed by atoms with van der Waals surface area (Å²) in [6.07, 6.45) is 2.80. The summed E-state index contributed by atoms with van der Waals surface area (Å²) < 4.78 is 31.9. The molecule has 0 bridgehead atoms. The lowest BCUT2D eigenvalue weighted by atomic mass is 10.1. The van der Waals surface area contributed by atoms with Crippen molar-refractivity contribution in [3.8, 4) is 0 Å². The summed E-state index contributed by atoms with van der Waals surface area (Å²) in [5.41, 5.74) is 6.71. The highest BCUT2D eigenvalue weighted by atomic mass is 35.5. The Hall–Kier alpha value is -1.22. The zero-order valence-corrected chi connectivity index (χ0v) is 13.9. The van der Waals surface area contributed by atoms with Crippen molar-refractivity contribution < 1.29 is 12.9 Å². The van der Waals surface area contributed by atoms with Crippen LogP contribution in [-0.4, -0.2) is 42.5 Å². The highest BCUT2D eigenvalue weighted by Crippen LogP contribution is 2.26. The van der Waals surface area contributed by atoms with Crippen molar-refractivity contribution in [2.45, 2.75) is 24.7 Å². The molecule has 7 nitrogen and oxygen atoms in total. The van der Waals surface area contributed by atoms with Crippen molar-refractivity contribution >= 4 is 33.5 Å². The molecule has 22 heavy (non-hydrogen) atoms. The van der Waals surface area contributed by atoms with Crippen LogP contribution in [0.1, 0.15) is 19.0 Å². The Morgan fingerprint density at radius 3 is 2.91 bits per heavy atom. The first-order chi connectivity index (χ1) is 10.1. The van der Waals surface area contributed by atoms with E-state index in [0.717, 1.165) is 12.1 Å². The third-order valence-electron chi connectivity index (χ3n) is 3.93. The molecule has 1 aliphatic rings. The van der Waals surface area contributed by atoms with Gasteiger partial charge in [0, 0.05) is 13.1 Å². The molecule has 2 N–H and O–H groups in total. The van der Waals surface area contributed by atoms with Gasteiger partial charge in [-0.25, -0.2) is 13.4 Å². The van der Waals surface area contributed by atoms with Gasteiger partial charge in [0.15, 0.2) is 0 Å². The van der Waals surface area contributed by atoms with Gasteiger partial charge in [0.1, 0.15) is 4.90 Å². The molecule has 2 aromatic rings. The maximum Gasteiger partial charge on any atom is 0.258 e. The van der Waals surface area contributed by atoms with Gasteiger partial charge in [-0.15, -0.1) is 12.4 Å². The summed E-state index contributed by atoms with van der Waals surface area (Å²) in [4.78, 5) is 4.25. The first kappa shape index (κ1) is 17.1. The van der Waals surface area contributed by atoms with Crippen molar-refractivity contribution in [2.24, 2.45) is 11.7 Å². The molecule has 0 amide bonds. The van der Waals surface area contributed by atoms with E-state index in [0.29, 0.717) is 37.2 Å². The standard InChI is InChI=1S/C13H18N4O3S.ClH/c1-2-12-11-5-10(7-15-13(11)20-16-12)21(18,19)17-4-3-9(6-14)8-17;/h5,7,9H,2-4,6,8,14H2,1H3;1H. The van der Waals surface area contributed by atoms with Crippen molar-refractivity contribution in [3.05, 3.63) is 18.0 Å². The van der Waals surface area contributed by atoms with Gasteiger partial charge in [-0.05, 0) is 31.4 Å². The second kappa shape index (κ2) is 6.49. The summed E-state index contributed by atoms with van der Waals surface area (Å²) in [5.74, 6) is 0.235. The first-order valence-corrected chi connectivity index (χ1v) is 8.44. The number of sulfonamides is 1. The predicted molar refractivity (Wildman–Crippen MR) is 84.4 cm³/mol. The highest BCUT2D eigenvalue weighted by Gasteiger charge is 2.32. The van der Waals surface area contributed by atoms with Crippen molar-refractivity contribution in [1.29, 1.82) is 0 Å². The number of nitrogens with zero attached hydrogens (tertiary/aromatic N) is 3. The van der Waals surface area contributed by atoms with Gasteiger partial charge < -0.3 is 10.3 Å². The molecule has 1 saturated heterocycles. The molecular formula is C13H19ClN4O3S. The van der Waals surface area contributed by atoms with Crippen LogP contribution >= 0.6 is 12.4 Å². The number of fused-ring (bicyclic) bond motifs is 1. The summed E-state index contributed by atoms with van der Waals surface area (Å²) in [6.45, 7) is 3.42. The van der Waals surface area contributed by atoms with Crippen molar-refractivity contribution in [3.63, 3.8) is 0 Å². The van der Waals surface area contributed by atoms with Gasteiger partial charge in [-0.3, -0.25) is 0 Å². The van der Waals surface area contributed by atoms with Gasteiger partial charge in [0.05, 0.1) is 17.3 Å². The monoisotopic (exact) mass is 346 g/mol. The zero-order valence-electron chi connectivity index (χ0n) is 12.2. The van der Waals surface area contributed by atoms with E-state index in [1.807, 2.05) is 6.92 Å². The van der Waals surface area contributed by atoms with Crippen LogP contribution in [0, 0.1) is 5.92 Å². The third kappa shape index (κ3) is 2.83. The van der Waals surface area contributed by atoms with Gasteiger partial charge in [-0.2, -0.15) is 4.31 Å². The van der Waals surface area contributed by atoms with Crippen LogP contribution in [0.2, 0.25) is 0 Å². The molecule has 0 radical (unpaired) electrons. The lowest BCUT2D eigenvalue weighted by Crippen LogP contribution is -2.30. The van der Waals surface area contributed by atoms with Gasteiger partial charge in [-0.1, -0.05) is 12.1 Å². The average molecular weight is 347 g/mol. The molecule has 1 aliphatic heterocycles. The average Bonchev–Trinajstić information content (AvgIpc) is 3.13. The van der Waals surface area contributed by atoms with Crippen LogP contribution in [-0.2, 0) is 16.4 Å². The Morgan fingerprint density at radius 1 is 1.50 bits per heavy atom. The van der Waals surface area contributed by atoms with E-state index in [2.05, 4.69) is 10.1 Å². The fourth-order valence-corrected chi connectivity index (χ4v) is 4.12. The van der Waals surface area contributed by atoms with Gasteiger partial charge >= 0.3 is 0 Å². The van der Waals surface area contributed by atoms with Crippen LogP contribution in [0.25, 0.3) is 11.1 Å². The lowest BCUT2D eigenvalue weighted by Gasteiger charge is -2.16. The maximum atomic E-state index is 12.7. The SMILES string of the molecule is CCc1noc2ncc(S(=O)(=O)N3CCC(CN)C3)cc12.Cl. The maximum absolute atomic E-state index is 12.7. The van der Waals surface area contributed by atoms with Crippen molar-refractivity contribution in [1.82, 2.24) is 14.4 Å². The summed E-state index contributed by atoms with van der Waals surface area (Å²) in [7, 11) is -3.53. The molecule has 0 aliphatic carbocycles. The minimum absolute atomic E-state index is 0. The summed E-state index contributed by atoms with van der Waals surface area (Å²) >= 11 is 0. The van der Waals surface area contributed by atoms with Crippen molar-refractivity contribution in [2.75, 3.05) is 19.6 Å². The molecule has 3 rings (SSSR count). The van der Waals surface area contributed by atoms with E-state index in [1.54, 1.807) is 6.07 Å². The van der Waals surface area contributed by atoms with Crippen LogP contribution in [0.3, 0.4) is 0 Å². The van der Waals surface area contributed by atoms with Crippen LogP contribution in [0.5, 0.6) is 0 Å². The third-order valence-corrected chi connectivity index (χ3v) is 5.76. The number of rotatable bonds is 4. The molecule has 122 valence electrons. The molecule has 1 fully saturated rings. The minimum atomic E-state index is -3.53. The Labute approximate surface area is 135 Å². The molecule has 0 spiro atoms. The topological polar surface area (TPSA) is 102 Å². The minimum Gasteiger partial charge on any atom is -0.336 e. The predicted octanol–water partition coefficient (Wildman–Crippen LogP) is 1.18. The van der Waals surface area contributed by atoms with E-state index < -0.39 is 10.0 Å². The number of hydrogen-bond donors (Lipinski definition) is 1. The summed E-state index contributed by atoms with van der Waals surface area (Å²) in [5, 5.41) is 4.56. The highest BCUT2D eigenvalue weighted by molar-refractivity contribution is 7.89. The van der Waals surface area contributed by atoms with E-state index >= 15 is 0 Å². The zero-order chi connectivity index (χ0) is 15.0. The van der Waals surface area contributed by atoms with Gasteiger partial charge in [0.2, 0.25) is 10.0 Å². The molecule has 2 aromatic heterocycles. The quantitative estimate of drug-likeness (QED) is 0.891. The van der Waals surface area contributed by atoms with Crippen LogP contribution < -0.4 is 5.73 Å².